The number of aryl methyl sites for hydroxylation is 1. The molecule has 9 heteroatoms. The molecule has 1 saturated carbocycles. The van der Waals surface area contributed by atoms with E-state index in [4.69, 9.17) is 15.1 Å². The second kappa shape index (κ2) is 12.0. The molecule has 1 aliphatic carbocycles. The first-order chi connectivity index (χ1) is 19.5. The fourth-order valence-electron chi connectivity index (χ4n) is 5.86. The minimum absolute atomic E-state index is 0.166. The van der Waals surface area contributed by atoms with E-state index in [1.54, 1.807) is 23.9 Å². The Labute approximate surface area is 238 Å². The number of halogens is 1. The lowest BCUT2D eigenvalue weighted by Gasteiger charge is -2.36. The van der Waals surface area contributed by atoms with Crippen molar-refractivity contribution >= 4 is 34.5 Å². The van der Waals surface area contributed by atoms with Crippen molar-refractivity contribution in [1.29, 1.82) is 0 Å². The number of anilines is 1. The molecule has 2 aromatic heterocycles. The van der Waals surface area contributed by atoms with Crippen LogP contribution in [-0.2, 0) is 11.2 Å². The predicted octanol–water partition coefficient (Wildman–Crippen LogP) is 5.83. The Balaban J connectivity index is 1.26. The van der Waals surface area contributed by atoms with Gasteiger partial charge >= 0.3 is 0 Å². The average molecular weight is 559 g/mol. The number of benzene rings is 2. The molecule has 0 bridgehead atoms. The molecule has 1 amide bonds. The fraction of sp³-hybridized carbons (Fsp3) is 0.419. The first kappa shape index (κ1) is 26.7. The molecule has 3 heterocycles. The van der Waals surface area contributed by atoms with Crippen molar-refractivity contribution in [3.63, 3.8) is 0 Å². The fourth-order valence-corrected chi connectivity index (χ4v) is 6.68. The van der Waals surface area contributed by atoms with Crippen LogP contribution in [0.25, 0.3) is 16.7 Å². The van der Waals surface area contributed by atoms with Crippen LogP contribution in [0.2, 0.25) is 0 Å². The van der Waals surface area contributed by atoms with Gasteiger partial charge in [-0.3, -0.25) is 4.79 Å². The summed E-state index contributed by atoms with van der Waals surface area (Å²) in [6, 6.07) is 16.4. The number of fused-ring (bicyclic) bond motifs is 1. The van der Waals surface area contributed by atoms with Gasteiger partial charge in [-0.05, 0) is 49.2 Å². The number of amides is 1. The van der Waals surface area contributed by atoms with Crippen molar-refractivity contribution in [2.24, 2.45) is 5.92 Å². The van der Waals surface area contributed by atoms with Crippen LogP contribution in [0.15, 0.2) is 59.5 Å². The molecule has 208 valence electrons. The van der Waals surface area contributed by atoms with E-state index in [0.29, 0.717) is 37.8 Å². The number of thioether (sulfide) groups is 1. The maximum atomic E-state index is 13.7. The van der Waals surface area contributed by atoms with Crippen molar-refractivity contribution in [2.75, 3.05) is 36.8 Å². The lowest BCUT2D eigenvalue weighted by atomic mass is 9.87. The van der Waals surface area contributed by atoms with Crippen molar-refractivity contribution in [3.8, 4) is 5.69 Å². The Hall–Kier alpha value is -3.46. The number of aromatic nitrogens is 4. The zero-order valence-corrected chi connectivity index (χ0v) is 23.7. The van der Waals surface area contributed by atoms with Gasteiger partial charge in [0.2, 0.25) is 5.91 Å². The minimum Gasteiger partial charge on any atom is -0.352 e. The maximum absolute atomic E-state index is 13.7. The van der Waals surface area contributed by atoms with Crippen molar-refractivity contribution < 1.29 is 9.18 Å². The molecule has 6 rings (SSSR count). The van der Waals surface area contributed by atoms with Crippen molar-refractivity contribution in [1.82, 2.24) is 24.6 Å². The van der Waals surface area contributed by atoms with Crippen LogP contribution >= 0.6 is 11.8 Å². The largest absolute Gasteiger partial charge is 0.352 e. The average Bonchev–Trinajstić information content (AvgIpc) is 3.33. The van der Waals surface area contributed by atoms with E-state index in [0.717, 1.165) is 45.4 Å². The van der Waals surface area contributed by atoms with Crippen LogP contribution < -0.4 is 4.90 Å². The zero-order valence-electron chi connectivity index (χ0n) is 22.9. The highest BCUT2D eigenvalue weighted by atomic mass is 32.2. The lowest BCUT2D eigenvalue weighted by Crippen LogP contribution is -2.49. The van der Waals surface area contributed by atoms with Gasteiger partial charge in [-0.25, -0.2) is 19.0 Å². The van der Waals surface area contributed by atoms with E-state index in [1.807, 2.05) is 46.8 Å². The van der Waals surface area contributed by atoms with Crippen LogP contribution in [0.4, 0.5) is 10.2 Å². The molecule has 0 spiro atoms. The van der Waals surface area contributed by atoms with Crippen LogP contribution in [0.5, 0.6) is 0 Å². The third kappa shape index (κ3) is 5.84. The normalized spacial score (nSPS) is 16.6. The highest BCUT2D eigenvalue weighted by Crippen LogP contribution is 2.32. The number of carbonyl (C=O) groups is 1. The minimum atomic E-state index is -0.278. The van der Waals surface area contributed by atoms with E-state index in [1.165, 1.54) is 44.2 Å². The standard InChI is InChI=1S/C31H35FN6OS/c1-22-29-30(37-18-16-36(17-19-37)28(39)21-40-26-10-6-3-7-11-26)33-27(20-23-8-4-2-5-9-23)34-31(29)38(35-22)25-14-12-24(32)13-15-25/h3,6-7,10-15,23H,2,4-5,8-9,16-21H2,1H3. The summed E-state index contributed by atoms with van der Waals surface area (Å²) >= 11 is 1.58. The van der Waals surface area contributed by atoms with E-state index in [9.17, 15) is 9.18 Å². The van der Waals surface area contributed by atoms with E-state index >= 15 is 0 Å². The molecule has 0 N–H and O–H groups in total. The third-order valence-corrected chi connectivity index (χ3v) is 9.03. The molecule has 0 atom stereocenters. The molecule has 2 fully saturated rings. The van der Waals surface area contributed by atoms with Gasteiger partial charge < -0.3 is 9.80 Å². The topological polar surface area (TPSA) is 67.2 Å². The van der Waals surface area contributed by atoms with Gasteiger partial charge in [-0.1, -0.05) is 50.3 Å². The van der Waals surface area contributed by atoms with E-state index in [-0.39, 0.29) is 11.7 Å². The lowest BCUT2D eigenvalue weighted by molar-refractivity contribution is -0.128. The molecule has 2 aromatic carbocycles. The summed E-state index contributed by atoms with van der Waals surface area (Å²) in [5.74, 6) is 2.66. The number of nitrogens with zero attached hydrogens (tertiary/aromatic N) is 6. The van der Waals surface area contributed by atoms with Gasteiger partial charge in [0, 0.05) is 37.5 Å². The molecule has 0 unspecified atom stereocenters. The van der Waals surface area contributed by atoms with Crippen LogP contribution in [0, 0.1) is 18.7 Å². The Morgan fingerprint density at radius 1 is 0.950 bits per heavy atom. The summed E-state index contributed by atoms with van der Waals surface area (Å²) in [7, 11) is 0. The van der Waals surface area contributed by atoms with Gasteiger partial charge in [0.05, 0.1) is 22.5 Å². The van der Waals surface area contributed by atoms with Crippen LogP contribution in [-0.4, -0.2) is 62.5 Å². The molecule has 4 aromatic rings. The van der Waals surface area contributed by atoms with Crippen LogP contribution in [0.1, 0.15) is 43.6 Å². The monoisotopic (exact) mass is 558 g/mol. The molecular formula is C31H35FN6OS. The first-order valence-corrected chi connectivity index (χ1v) is 15.3. The smallest absolute Gasteiger partial charge is 0.233 e. The Kier molecular flexibility index (Phi) is 8.00. The number of rotatable bonds is 7. The third-order valence-electron chi connectivity index (χ3n) is 8.03. The Morgan fingerprint density at radius 2 is 1.68 bits per heavy atom. The first-order valence-electron chi connectivity index (χ1n) is 14.3. The molecule has 0 radical (unpaired) electrons. The molecule has 1 saturated heterocycles. The summed E-state index contributed by atoms with van der Waals surface area (Å²) < 4.78 is 15.5. The molecule has 40 heavy (non-hydrogen) atoms. The molecular weight excluding hydrogens is 523 g/mol. The number of hydrogen-bond donors (Lipinski definition) is 0. The summed E-state index contributed by atoms with van der Waals surface area (Å²) in [6.45, 7) is 4.71. The number of carbonyl (C=O) groups excluding carboxylic acids is 1. The van der Waals surface area contributed by atoms with Gasteiger partial charge in [0.15, 0.2) is 5.65 Å². The number of hydrogen-bond acceptors (Lipinski definition) is 6. The summed E-state index contributed by atoms with van der Waals surface area (Å²) in [5, 5.41) is 5.75. The van der Waals surface area contributed by atoms with Gasteiger partial charge in [-0.15, -0.1) is 11.8 Å². The highest BCUT2D eigenvalue weighted by Gasteiger charge is 2.27. The van der Waals surface area contributed by atoms with E-state index < -0.39 is 0 Å². The quantitative estimate of drug-likeness (QED) is 0.266. The highest BCUT2D eigenvalue weighted by molar-refractivity contribution is 8.00. The second-order valence-electron chi connectivity index (χ2n) is 10.8. The summed E-state index contributed by atoms with van der Waals surface area (Å²) in [6.07, 6.45) is 7.14. The number of piperazine rings is 1. The van der Waals surface area contributed by atoms with Gasteiger partial charge in [0.1, 0.15) is 17.5 Å². The molecule has 1 aliphatic heterocycles. The maximum Gasteiger partial charge on any atom is 0.233 e. The van der Waals surface area contributed by atoms with Crippen molar-refractivity contribution in [2.45, 2.75) is 50.3 Å². The Bertz CT molecular complexity index is 1460. The molecule has 2 aliphatic rings. The Morgan fingerprint density at radius 3 is 2.40 bits per heavy atom. The van der Waals surface area contributed by atoms with E-state index in [2.05, 4.69) is 4.90 Å². The molecule has 7 nitrogen and oxygen atoms in total. The predicted molar refractivity (Wildman–Crippen MR) is 158 cm³/mol. The van der Waals surface area contributed by atoms with Gasteiger partial charge in [0.25, 0.3) is 0 Å². The SMILES string of the molecule is Cc1nn(-c2ccc(F)cc2)c2nc(CC3CCCCC3)nc(N3CCN(C(=O)CSc4ccccc4)CC3)c12. The summed E-state index contributed by atoms with van der Waals surface area (Å²) in [4.78, 5) is 28.5. The summed E-state index contributed by atoms with van der Waals surface area (Å²) in [5.41, 5.74) is 2.38. The van der Waals surface area contributed by atoms with Crippen LogP contribution in [0.3, 0.4) is 0 Å². The van der Waals surface area contributed by atoms with Gasteiger partial charge in [-0.2, -0.15) is 5.10 Å². The zero-order chi connectivity index (χ0) is 27.5. The van der Waals surface area contributed by atoms with Crippen molar-refractivity contribution in [3.05, 3.63) is 71.9 Å². The second-order valence-corrected chi connectivity index (χ2v) is 11.9.